The highest BCUT2D eigenvalue weighted by molar-refractivity contribution is 5.94. The normalized spacial score (nSPS) is 18.0. The number of hydrogen-bond donors (Lipinski definition) is 0. The van der Waals surface area contributed by atoms with Crippen molar-refractivity contribution in [1.29, 1.82) is 0 Å². The second kappa shape index (κ2) is 6.76. The molecule has 1 aliphatic rings. The monoisotopic (exact) mass is 316 g/mol. The average molecular weight is 316 g/mol. The van der Waals surface area contributed by atoms with Gasteiger partial charge in [0.25, 0.3) is 5.91 Å². The Balaban J connectivity index is 1.63. The van der Waals surface area contributed by atoms with Crippen molar-refractivity contribution in [1.82, 2.24) is 20.0 Å². The number of ether oxygens (including phenoxy) is 1. The van der Waals surface area contributed by atoms with Crippen LogP contribution in [0.15, 0.2) is 23.1 Å². The van der Waals surface area contributed by atoms with Crippen molar-refractivity contribution >= 4 is 5.91 Å². The SMILES string of the molecule is CCc1cnc(OC2CCCN(C(=O)c3cnoc3C)C2)nc1. The van der Waals surface area contributed by atoms with Gasteiger partial charge >= 0.3 is 6.01 Å². The second-order valence-electron chi connectivity index (χ2n) is 5.66. The van der Waals surface area contributed by atoms with Gasteiger partial charge in [0.1, 0.15) is 17.4 Å². The van der Waals surface area contributed by atoms with E-state index < -0.39 is 0 Å². The predicted molar refractivity (Wildman–Crippen MR) is 82.2 cm³/mol. The first kappa shape index (κ1) is 15.5. The number of rotatable bonds is 4. The molecule has 1 atom stereocenters. The molecule has 122 valence electrons. The number of aryl methyl sites for hydroxylation is 2. The molecule has 0 aromatic carbocycles. The number of amides is 1. The van der Waals surface area contributed by atoms with Gasteiger partial charge in [0.05, 0.1) is 12.7 Å². The van der Waals surface area contributed by atoms with E-state index in [-0.39, 0.29) is 12.0 Å². The van der Waals surface area contributed by atoms with E-state index in [9.17, 15) is 4.79 Å². The molecular weight excluding hydrogens is 296 g/mol. The zero-order chi connectivity index (χ0) is 16.2. The highest BCUT2D eigenvalue weighted by Crippen LogP contribution is 2.18. The standard InChI is InChI=1S/C16H20N4O3/c1-3-12-7-17-16(18-8-12)22-13-5-4-6-20(10-13)15(21)14-9-19-23-11(14)2/h7-9,13H,3-6,10H2,1-2H3. The summed E-state index contributed by atoms with van der Waals surface area (Å²) >= 11 is 0. The minimum atomic E-state index is -0.0969. The lowest BCUT2D eigenvalue weighted by Gasteiger charge is -2.32. The average Bonchev–Trinajstić information content (AvgIpc) is 3.01. The lowest BCUT2D eigenvalue weighted by molar-refractivity contribution is 0.0514. The Hall–Kier alpha value is -2.44. The Morgan fingerprint density at radius 1 is 1.39 bits per heavy atom. The van der Waals surface area contributed by atoms with E-state index in [4.69, 9.17) is 9.26 Å². The molecule has 3 heterocycles. The lowest BCUT2D eigenvalue weighted by Crippen LogP contribution is -2.44. The third-order valence-corrected chi connectivity index (χ3v) is 4.01. The molecule has 0 spiro atoms. The molecule has 0 saturated carbocycles. The number of carbonyl (C=O) groups is 1. The topological polar surface area (TPSA) is 81.4 Å². The van der Waals surface area contributed by atoms with Crippen molar-refractivity contribution in [3.63, 3.8) is 0 Å². The zero-order valence-corrected chi connectivity index (χ0v) is 13.4. The zero-order valence-electron chi connectivity index (χ0n) is 13.4. The van der Waals surface area contributed by atoms with Crippen LogP contribution in [0.3, 0.4) is 0 Å². The van der Waals surface area contributed by atoms with Gasteiger partial charge in [-0.15, -0.1) is 0 Å². The summed E-state index contributed by atoms with van der Waals surface area (Å²) in [5.74, 6) is 0.468. The number of carbonyl (C=O) groups excluding carboxylic acids is 1. The van der Waals surface area contributed by atoms with Crippen LogP contribution in [0.4, 0.5) is 0 Å². The fraction of sp³-hybridized carbons (Fsp3) is 0.500. The van der Waals surface area contributed by atoms with Gasteiger partial charge in [0, 0.05) is 18.9 Å². The number of piperidine rings is 1. The summed E-state index contributed by atoms with van der Waals surface area (Å²) in [6.45, 7) is 5.01. The molecule has 1 fully saturated rings. The first-order valence-corrected chi connectivity index (χ1v) is 7.85. The third kappa shape index (κ3) is 3.49. The first-order chi connectivity index (χ1) is 11.2. The van der Waals surface area contributed by atoms with E-state index >= 15 is 0 Å². The molecule has 23 heavy (non-hydrogen) atoms. The van der Waals surface area contributed by atoms with E-state index in [1.54, 1.807) is 24.2 Å². The molecule has 7 heteroatoms. The van der Waals surface area contributed by atoms with Crippen LogP contribution in [0.2, 0.25) is 0 Å². The summed E-state index contributed by atoms with van der Waals surface area (Å²) in [6.07, 6.45) is 7.57. The van der Waals surface area contributed by atoms with Crippen LogP contribution in [0, 0.1) is 6.92 Å². The summed E-state index contributed by atoms with van der Waals surface area (Å²) in [5.41, 5.74) is 1.58. The van der Waals surface area contributed by atoms with Gasteiger partial charge in [-0.3, -0.25) is 4.79 Å². The molecule has 0 N–H and O–H groups in total. The van der Waals surface area contributed by atoms with Crippen molar-refractivity contribution in [2.45, 2.75) is 39.2 Å². The molecule has 2 aromatic heterocycles. The second-order valence-corrected chi connectivity index (χ2v) is 5.66. The molecule has 0 aliphatic carbocycles. The minimum Gasteiger partial charge on any atom is -0.458 e. The highest BCUT2D eigenvalue weighted by atomic mass is 16.5. The Morgan fingerprint density at radius 3 is 2.83 bits per heavy atom. The summed E-state index contributed by atoms with van der Waals surface area (Å²) in [7, 11) is 0. The summed E-state index contributed by atoms with van der Waals surface area (Å²) in [4.78, 5) is 22.7. The van der Waals surface area contributed by atoms with Gasteiger partial charge in [-0.25, -0.2) is 9.97 Å². The third-order valence-electron chi connectivity index (χ3n) is 4.01. The molecule has 7 nitrogen and oxygen atoms in total. The van der Waals surface area contributed by atoms with E-state index in [1.807, 2.05) is 0 Å². The Labute approximate surface area is 134 Å². The number of aromatic nitrogens is 3. The van der Waals surface area contributed by atoms with Crippen molar-refractivity contribution in [2.75, 3.05) is 13.1 Å². The summed E-state index contributed by atoms with van der Waals surface area (Å²) < 4.78 is 10.8. The van der Waals surface area contributed by atoms with Crippen molar-refractivity contribution in [2.24, 2.45) is 0 Å². The largest absolute Gasteiger partial charge is 0.458 e. The maximum absolute atomic E-state index is 12.5. The predicted octanol–water partition coefficient (Wildman–Crippen LogP) is 2.02. The Bertz CT molecular complexity index is 668. The number of likely N-dealkylation sites (tertiary alicyclic amines) is 1. The van der Waals surface area contributed by atoms with Crippen molar-refractivity contribution in [3.8, 4) is 6.01 Å². The molecule has 0 bridgehead atoms. The number of nitrogens with zero attached hydrogens (tertiary/aromatic N) is 4. The van der Waals surface area contributed by atoms with Crippen LogP contribution in [0.25, 0.3) is 0 Å². The maximum Gasteiger partial charge on any atom is 0.316 e. The van der Waals surface area contributed by atoms with Crippen LogP contribution >= 0.6 is 0 Å². The molecule has 0 radical (unpaired) electrons. The quantitative estimate of drug-likeness (QED) is 0.858. The Morgan fingerprint density at radius 2 is 2.17 bits per heavy atom. The van der Waals surface area contributed by atoms with Crippen LogP contribution in [-0.4, -0.2) is 45.1 Å². The molecule has 1 amide bonds. The van der Waals surface area contributed by atoms with Gasteiger partial charge in [-0.2, -0.15) is 0 Å². The van der Waals surface area contributed by atoms with Crippen LogP contribution in [-0.2, 0) is 6.42 Å². The molecule has 2 aromatic rings. The van der Waals surface area contributed by atoms with Gasteiger partial charge < -0.3 is 14.2 Å². The molecule has 1 aliphatic heterocycles. The van der Waals surface area contributed by atoms with Gasteiger partial charge in [0.2, 0.25) is 0 Å². The van der Waals surface area contributed by atoms with E-state index in [0.717, 1.165) is 24.8 Å². The first-order valence-electron chi connectivity index (χ1n) is 7.85. The summed E-state index contributed by atoms with van der Waals surface area (Å²) in [5, 5.41) is 3.67. The maximum atomic E-state index is 12.5. The fourth-order valence-electron chi connectivity index (χ4n) is 2.63. The number of hydrogen-bond acceptors (Lipinski definition) is 6. The smallest absolute Gasteiger partial charge is 0.316 e. The molecular formula is C16H20N4O3. The van der Waals surface area contributed by atoms with Crippen LogP contribution < -0.4 is 4.74 Å². The van der Waals surface area contributed by atoms with E-state index in [0.29, 0.717) is 30.4 Å². The van der Waals surface area contributed by atoms with Gasteiger partial charge in [-0.05, 0) is 31.7 Å². The fourth-order valence-corrected chi connectivity index (χ4v) is 2.63. The minimum absolute atomic E-state index is 0.0701. The summed E-state index contributed by atoms with van der Waals surface area (Å²) in [6, 6.07) is 0.364. The lowest BCUT2D eigenvalue weighted by atomic mass is 10.1. The molecule has 1 unspecified atom stereocenters. The van der Waals surface area contributed by atoms with Gasteiger partial charge in [0.15, 0.2) is 0 Å². The van der Waals surface area contributed by atoms with Crippen molar-refractivity contribution < 1.29 is 14.1 Å². The van der Waals surface area contributed by atoms with Crippen molar-refractivity contribution in [3.05, 3.63) is 35.5 Å². The van der Waals surface area contributed by atoms with E-state index in [2.05, 4.69) is 22.0 Å². The Kier molecular flexibility index (Phi) is 4.55. The molecule has 3 rings (SSSR count). The van der Waals surface area contributed by atoms with Gasteiger partial charge in [-0.1, -0.05) is 12.1 Å². The van der Waals surface area contributed by atoms with Crippen LogP contribution in [0.1, 0.15) is 41.4 Å². The molecule has 1 saturated heterocycles. The highest BCUT2D eigenvalue weighted by Gasteiger charge is 2.28. The van der Waals surface area contributed by atoms with Crippen LogP contribution in [0.5, 0.6) is 6.01 Å². The van der Waals surface area contributed by atoms with E-state index in [1.165, 1.54) is 6.20 Å².